The minimum atomic E-state index is -0.0312. The van der Waals surface area contributed by atoms with Crippen molar-refractivity contribution in [1.82, 2.24) is 0 Å². The Morgan fingerprint density at radius 3 is 2.35 bits per heavy atom. The molecule has 0 bridgehead atoms. The molecular weight excluding hydrogens is 382 g/mol. The van der Waals surface area contributed by atoms with E-state index in [4.69, 9.17) is 0 Å². The van der Waals surface area contributed by atoms with E-state index in [0.29, 0.717) is 5.56 Å². The van der Waals surface area contributed by atoms with Crippen LogP contribution < -0.4 is 4.90 Å². The zero-order valence-corrected chi connectivity index (χ0v) is 14.7. The first-order valence-electron chi connectivity index (χ1n) is 6.20. The Bertz CT molecular complexity index is 668. The van der Waals surface area contributed by atoms with Gasteiger partial charge in [-0.15, -0.1) is 0 Å². The summed E-state index contributed by atoms with van der Waals surface area (Å²) in [7, 11) is 1.80. The number of hydrogen-bond donors (Lipinski definition) is 0. The molecule has 0 N–H and O–H groups in total. The van der Waals surface area contributed by atoms with Gasteiger partial charge in [0, 0.05) is 21.7 Å². The Morgan fingerprint density at radius 2 is 1.75 bits per heavy atom. The molecule has 0 saturated heterocycles. The predicted octanol–water partition coefficient (Wildman–Crippen LogP) is 5.11. The lowest BCUT2D eigenvalue weighted by Crippen LogP contribution is -2.27. The van der Waals surface area contributed by atoms with Crippen molar-refractivity contribution < 1.29 is 4.79 Å². The second-order valence-electron chi connectivity index (χ2n) is 4.78. The van der Waals surface area contributed by atoms with Crippen molar-refractivity contribution in [3.8, 4) is 0 Å². The van der Waals surface area contributed by atoms with Gasteiger partial charge < -0.3 is 4.90 Å². The second kappa shape index (κ2) is 6.10. The van der Waals surface area contributed by atoms with E-state index in [-0.39, 0.29) is 5.91 Å². The zero-order valence-electron chi connectivity index (χ0n) is 11.6. The van der Waals surface area contributed by atoms with Crippen molar-refractivity contribution in [2.75, 3.05) is 11.9 Å². The molecule has 0 atom stereocenters. The Hall–Kier alpha value is -1.13. The zero-order chi connectivity index (χ0) is 14.9. The van der Waals surface area contributed by atoms with E-state index >= 15 is 0 Å². The van der Waals surface area contributed by atoms with Gasteiger partial charge in [0.2, 0.25) is 0 Å². The van der Waals surface area contributed by atoms with Gasteiger partial charge in [0.05, 0.1) is 5.56 Å². The van der Waals surface area contributed by atoms with Gasteiger partial charge in [-0.1, -0.05) is 33.6 Å². The molecular formula is C16H15Br2NO. The van der Waals surface area contributed by atoms with Crippen LogP contribution in [0.15, 0.2) is 45.3 Å². The number of benzene rings is 2. The summed E-state index contributed by atoms with van der Waals surface area (Å²) in [6.45, 7) is 4.06. The quantitative estimate of drug-likeness (QED) is 0.690. The van der Waals surface area contributed by atoms with Gasteiger partial charge in [0.1, 0.15) is 0 Å². The van der Waals surface area contributed by atoms with E-state index in [1.807, 2.05) is 44.2 Å². The molecule has 0 spiro atoms. The number of amides is 1. The van der Waals surface area contributed by atoms with Crippen molar-refractivity contribution in [3.05, 3.63) is 62.0 Å². The maximum absolute atomic E-state index is 12.6. The molecule has 1 amide bonds. The normalized spacial score (nSPS) is 10.4. The summed E-state index contributed by atoms with van der Waals surface area (Å²) in [5.41, 5.74) is 3.86. The number of aryl methyl sites for hydroxylation is 2. The number of halogens is 2. The number of nitrogens with zero attached hydrogens (tertiary/aromatic N) is 1. The first-order chi connectivity index (χ1) is 9.40. The minimum absolute atomic E-state index is 0.0312. The smallest absolute Gasteiger partial charge is 0.259 e. The van der Waals surface area contributed by atoms with E-state index in [0.717, 1.165) is 20.2 Å². The highest BCUT2D eigenvalue weighted by Gasteiger charge is 2.17. The SMILES string of the molecule is Cc1ccc(N(C)C(=O)c2ccc(Br)cc2Br)c(C)c1. The van der Waals surface area contributed by atoms with E-state index in [9.17, 15) is 4.79 Å². The lowest BCUT2D eigenvalue weighted by atomic mass is 10.1. The van der Waals surface area contributed by atoms with Gasteiger partial charge in [-0.2, -0.15) is 0 Å². The molecule has 2 rings (SSSR count). The molecule has 104 valence electrons. The number of carbonyl (C=O) groups is 1. The van der Waals surface area contributed by atoms with Crippen LogP contribution in [0.1, 0.15) is 21.5 Å². The van der Waals surface area contributed by atoms with Crippen molar-refractivity contribution in [1.29, 1.82) is 0 Å². The molecule has 0 fully saturated rings. The van der Waals surface area contributed by atoms with Crippen LogP contribution in [-0.2, 0) is 0 Å². The predicted molar refractivity (Wildman–Crippen MR) is 90.5 cm³/mol. The minimum Gasteiger partial charge on any atom is -0.311 e. The van der Waals surface area contributed by atoms with Crippen molar-refractivity contribution in [2.45, 2.75) is 13.8 Å². The summed E-state index contributed by atoms with van der Waals surface area (Å²) in [5.74, 6) is -0.0312. The molecule has 0 saturated carbocycles. The van der Waals surface area contributed by atoms with Crippen LogP contribution in [0.4, 0.5) is 5.69 Å². The monoisotopic (exact) mass is 395 g/mol. The van der Waals surface area contributed by atoms with E-state index < -0.39 is 0 Å². The molecule has 0 aliphatic heterocycles. The fourth-order valence-electron chi connectivity index (χ4n) is 2.13. The third-order valence-electron chi connectivity index (χ3n) is 3.18. The van der Waals surface area contributed by atoms with Gasteiger partial charge in [-0.05, 0) is 59.6 Å². The van der Waals surface area contributed by atoms with Crippen LogP contribution >= 0.6 is 31.9 Å². The van der Waals surface area contributed by atoms with Gasteiger partial charge >= 0.3 is 0 Å². The Morgan fingerprint density at radius 1 is 1.05 bits per heavy atom. The molecule has 0 aromatic heterocycles. The van der Waals surface area contributed by atoms with E-state index in [2.05, 4.69) is 37.9 Å². The summed E-state index contributed by atoms with van der Waals surface area (Å²) in [4.78, 5) is 14.3. The summed E-state index contributed by atoms with van der Waals surface area (Å²) in [6, 6.07) is 11.6. The number of anilines is 1. The summed E-state index contributed by atoms with van der Waals surface area (Å²) < 4.78 is 1.73. The molecule has 20 heavy (non-hydrogen) atoms. The van der Waals surface area contributed by atoms with Crippen LogP contribution in [0, 0.1) is 13.8 Å². The second-order valence-corrected chi connectivity index (χ2v) is 6.55. The summed E-state index contributed by atoms with van der Waals surface area (Å²) in [5, 5.41) is 0. The maximum Gasteiger partial charge on any atom is 0.259 e. The molecule has 0 aliphatic rings. The van der Waals surface area contributed by atoms with Crippen LogP contribution in [0.2, 0.25) is 0 Å². The topological polar surface area (TPSA) is 20.3 Å². The third-order valence-corrected chi connectivity index (χ3v) is 4.33. The van der Waals surface area contributed by atoms with Crippen molar-refractivity contribution >= 4 is 43.5 Å². The van der Waals surface area contributed by atoms with E-state index in [1.165, 1.54) is 5.56 Å². The molecule has 2 aromatic rings. The Labute approximate surface area is 136 Å². The van der Waals surface area contributed by atoms with Crippen LogP contribution in [0.25, 0.3) is 0 Å². The van der Waals surface area contributed by atoms with E-state index in [1.54, 1.807) is 11.9 Å². The largest absolute Gasteiger partial charge is 0.311 e. The molecule has 4 heteroatoms. The van der Waals surface area contributed by atoms with Crippen LogP contribution in [0.3, 0.4) is 0 Å². The first kappa shape index (κ1) is 15.3. The number of rotatable bonds is 2. The lowest BCUT2D eigenvalue weighted by Gasteiger charge is -2.20. The highest BCUT2D eigenvalue weighted by molar-refractivity contribution is 9.11. The lowest BCUT2D eigenvalue weighted by molar-refractivity contribution is 0.0992. The first-order valence-corrected chi connectivity index (χ1v) is 7.79. The highest BCUT2D eigenvalue weighted by atomic mass is 79.9. The van der Waals surface area contributed by atoms with Crippen molar-refractivity contribution in [2.24, 2.45) is 0 Å². The van der Waals surface area contributed by atoms with Crippen LogP contribution in [-0.4, -0.2) is 13.0 Å². The Kier molecular flexibility index (Phi) is 4.66. The average molecular weight is 397 g/mol. The molecule has 0 radical (unpaired) electrons. The molecule has 2 aromatic carbocycles. The molecule has 0 aliphatic carbocycles. The fraction of sp³-hybridized carbons (Fsp3) is 0.188. The third kappa shape index (κ3) is 3.13. The summed E-state index contributed by atoms with van der Waals surface area (Å²) >= 11 is 6.83. The standard InChI is InChI=1S/C16H15Br2NO/c1-10-4-7-15(11(2)8-10)19(3)16(20)13-6-5-12(17)9-14(13)18/h4-9H,1-3H3. The molecule has 0 unspecified atom stereocenters. The van der Waals surface area contributed by atoms with Crippen LogP contribution in [0.5, 0.6) is 0 Å². The molecule has 2 nitrogen and oxygen atoms in total. The average Bonchev–Trinajstić information content (AvgIpc) is 2.37. The number of hydrogen-bond acceptors (Lipinski definition) is 1. The fourth-order valence-corrected chi connectivity index (χ4v) is 3.35. The Balaban J connectivity index is 2.37. The number of carbonyl (C=O) groups excluding carboxylic acids is 1. The van der Waals surface area contributed by atoms with Gasteiger partial charge in [-0.25, -0.2) is 0 Å². The summed E-state index contributed by atoms with van der Waals surface area (Å²) in [6.07, 6.45) is 0. The molecule has 0 heterocycles. The van der Waals surface area contributed by atoms with Gasteiger partial charge in [0.25, 0.3) is 5.91 Å². The van der Waals surface area contributed by atoms with Crippen molar-refractivity contribution in [3.63, 3.8) is 0 Å². The maximum atomic E-state index is 12.6. The highest BCUT2D eigenvalue weighted by Crippen LogP contribution is 2.26. The van der Waals surface area contributed by atoms with Gasteiger partial charge in [-0.3, -0.25) is 4.79 Å². The van der Waals surface area contributed by atoms with Gasteiger partial charge in [0.15, 0.2) is 0 Å².